The molecule has 0 bridgehead atoms. The summed E-state index contributed by atoms with van der Waals surface area (Å²) in [5.41, 5.74) is -0.980. The first-order valence-corrected chi connectivity index (χ1v) is 10.2. The van der Waals surface area contributed by atoms with Crippen molar-refractivity contribution in [3.8, 4) is 11.5 Å². The predicted molar refractivity (Wildman–Crippen MR) is 86.2 cm³/mol. The summed E-state index contributed by atoms with van der Waals surface area (Å²) in [7, 11) is -2.96. The quantitative estimate of drug-likeness (QED) is 0.772. The van der Waals surface area contributed by atoms with Gasteiger partial charge in [-0.1, -0.05) is 0 Å². The lowest BCUT2D eigenvalue weighted by atomic mass is 10.0. The van der Waals surface area contributed by atoms with E-state index in [-0.39, 0.29) is 28.6 Å². The van der Waals surface area contributed by atoms with Crippen molar-refractivity contribution in [2.45, 2.75) is 23.8 Å². The van der Waals surface area contributed by atoms with Gasteiger partial charge in [-0.05, 0) is 25.5 Å². The summed E-state index contributed by atoms with van der Waals surface area (Å²) in [4.78, 5) is -0.0487. The highest BCUT2D eigenvalue weighted by Crippen LogP contribution is 2.36. The van der Waals surface area contributed by atoms with Crippen molar-refractivity contribution in [2.75, 3.05) is 32.8 Å². The fraction of sp³-hybridized carbons (Fsp3) is 0.571. The fourth-order valence-electron chi connectivity index (χ4n) is 2.67. The third-order valence-electron chi connectivity index (χ3n) is 4.25. The summed E-state index contributed by atoms with van der Waals surface area (Å²) in [5.74, 6) is 0.352. The van der Waals surface area contributed by atoms with Gasteiger partial charge in [0.2, 0.25) is 10.0 Å². The molecule has 0 radical (unpaired) electrons. The largest absolute Gasteiger partial charge is 0.497 e. The van der Waals surface area contributed by atoms with Gasteiger partial charge in [-0.25, -0.2) is 16.8 Å². The molecule has 1 aromatic carbocycles. The molecule has 1 fully saturated rings. The molecule has 130 valence electrons. The molecule has 1 atom stereocenters. The molecule has 1 heterocycles. The van der Waals surface area contributed by atoms with Gasteiger partial charge in [0.05, 0.1) is 25.7 Å². The number of ether oxygens (including phenoxy) is 2. The van der Waals surface area contributed by atoms with Crippen LogP contribution in [0.2, 0.25) is 0 Å². The highest BCUT2D eigenvalue weighted by molar-refractivity contribution is 7.92. The molecule has 1 saturated heterocycles. The molecule has 9 heteroatoms. The van der Waals surface area contributed by atoms with Gasteiger partial charge in [0.25, 0.3) is 0 Å². The van der Waals surface area contributed by atoms with Crippen LogP contribution in [-0.4, -0.2) is 59.5 Å². The van der Waals surface area contributed by atoms with Gasteiger partial charge >= 0.3 is 0 Å². The Hall–Kier alpha value is -1.32. The van der Waals surface area contributed by atoms with Crippen molar-refractivity contribution in [1.29, 1.82) is 0 Å². The minimum atomic E-state index is -3.94. The van der Waals surface area contributed by atoms with Gasteiger partial charge in [0.15, 0.2) is 9.84 Å². The molecule has 0 aromatic heterocycles. The number of benzene rings is 1. The second kappa shape index (κ2) is 5.95. The minimum absolute atomic E-state index is 0.0153. The van der Waals surface area contributed by atoms with E-state index >= 15 is 0 Å². The standard InChI is InChI=1S/C14H21NO6S2/c1-14(7-8-22(16,17)10-14)15(2)23(18,19)13-9-11(20-3)5-6-12(13)21-4/h5-6,9H,7-8,10H2,1-4H3/t14-/m0/s1. The molecule has 1 aliphatic rings. The van der Waals surface area contributed by atoms with E-state index in [0.29, 0.717) is 5.75 Å². The number of hydrogen-bond donors (Lipinski definition) is 0. The van der Waals surface area contributed by atoms with E-state index in [1.165, 1.54) is 33.4 Å². The van der Waals surface area contributed by atoms with E-state index in [1.54, 1.807) is 13.0 Å². The summed E-state index contributed by atoms with van der Waals surface area (Å²) in [6.07, 6.45) is 0.261. The first-order chi connectivity index (χ1) is 10.6. The van der Waals surface area contributed by atoms with Gasteiger partial charge in [-0.2, -0.15) is 4.31 Å². The molecule has 23 heavy (non-hydrogen) atoms. The number of nitrogens with zero attached hydrogens (tertiary/aromatic N) is 1. The van der Waals surface area contributed by atoms with Crippen LogP contribution in [-0.2, 0) is 19.9 Å². The summed E-state index contributed by atoms with van der Waals surface area (Å²) < 4.78 is 60.8. The minimum Gasteiger partial charge on any atom is -0.497 e. The van der Waals surface area contributed by atoms with Crippen LogP contribution in [0.4, 0.5) is 0 Å². The zero-order valence-corrected chi connectivity index (χ0v) is 15.2. The molecule has 7 nitrogen and oxygen atoms in total. The number of sulfonamides is 1. The smallest absolute Gasteiger partial charge is 0.247 e. The number of sulfone groups is 1. The van der Waals surface area contributed by atoms with Crippen LogP contribution in [0.1, 0.15) is 13.3 Å². The molecule has 1 aromatic rings. The van der Waals surface area contributed by atoms with E-state index in [4.69, 9.17) is 9.47 Å². The van der Waals surface area contributed by atoms with E-state index in [2.05, 4.69) is 0 Å². The van der Waals surface area contributed by atoms with Gasteiger partial charge in [0, 0.05) is 18.7 Å². The van der Waals surface area contributed by atoms with Crippen molar-refractivity contribution in [3.63, 3.8) is 0 Å². The Morgan fingerprint density at radius 2 is 1.87 bits per heavy atom. The molecule has 0 N–H and O–H groups in total. The lowest BCUT2D eigenvalue weighted by molar-refractivity contribution is 0.271. The van der Waals surface area contributed by atoms with E-state index in [9.17, 15) is 16.8 Å². The van der Waals surface area contributed by atoms with Crippen molar-refractivity contribution in [1.82, 2.24) is 4.31 Å². The molecular formula is C14H21NO6S2. The number of hydrogen-bond acceptors (Lipinski definition) is 6. The van der Waals surface area contributed by atoms with Crippen molar-refractivity contribution in [2.24, 2.45) is 0 Å². The molecule has 0 unspecified atom stereocenters. The second-order valence-corrected chi connectivity index (χ2v) is 9.95. The van der Waals surface area contributed by atoms with Crippen LogP contribution in [0.25, 0.3) is 0 Å². The first-order valence-electron chi connectivity index (χ1n) is 6.97. The average molecular weight is 363 g/mol. The summed E-state index contributed by atoms with van der Waals surface area (Å²) in [6.45, 7) is 1.64. The highest BCUT2D eigenvalue weighted by atomic mass is 32.2. The van der Waals surface area contributed by atoms with E-state index in [1.807, 2.05) is 0 Å². The maximum absolute atomic E-state index is 13.0. The monoisotopic (exact) mass is 363 g/mol. The third-order valence-corrected chi connectivity index (χ3v) is 8.18. The predicted octanol–water partition coefficient (Wildman–Crippen LogP) is 0.901. The Morgan fingerprint density at radius 1 is 1.22 bits per heavy atom. The summed E-state index contributed by atoms with van der Waals surface area (Å²) in [6, 6.07) is 4.48. The number of rotatable bonds is 5. The Kier molecular flexibility index (Phi) is 4.67. The van der Waals surface area contributed by atoms with Crippen molar-refractivity contribution < 1.29 is 26.3 Å². The van der Waals surface area contributed by atoms with Crippen LogP contribution < -0.4 is 9.47 Å². The SMILES string of the molecule is COc1ccc(OC)c(S(=O)(=O)N(C)[C@@]2(C)CCS(=O)(=O)C2)c1. The molecular weight excluding hydrogens is 342 g/mol. The zero-order chi connectivity index (χ0) is 17.5. The Morgan fingerprint density at radius 3 is 2.35 bits per heavy atom. The molecule has 2 rings (SSSR count). The normalized spacial score (nSPS) is 23.9. The van der Waals surface area contributed by atoms with Crippen LogP contribution in [0.3, 0.4) is 0 Å². The maximum Gasteiger partial charge on any atom is 0.247 e. The topological polar surface area (TPSA) is 90.0 Å². The van der Waals surface area contributed by atoms with Crippen LogP contribution in [0, 0.1) is 0 Å². The lowest BCUT2D eigenvalue weighted by Gasteiger charge is -2.33. The van der Waals surface area contributed by atoms with Crippen LogP contribution in [0.5, 0.6) is 11.5 Å². The first kappa shape index (κ1) is 18.0. The molecule has 0 aliphatic carbocycles. The second-order valence-electron chi connectivity index (χ2n) is 5.83. The zero-order valence-electron chi connectivity index (χ0n) is 13.6. The third kappa shape index (κ3) is 3.31. The molecule has 1 aliphatic heterocycles. The van der Waals surface area contributed by atoms with Gasteiger partial charge in [-0.15, -0.1) is 0 Å². The molecule has 0 amide bonds. The Bertz CT molecular complexity index is 803. The molecule has 0 spiro atoms. The average Bonchev–Trinajstić information content (AvgIpc) is 2.80. The van der Waals surface area contributed by atoms with Crippen LogP contribution in [0.15, 0.2) is 23.1 Å². The lowest BCUT2D eigenvalue weighted by Crippen LogP contribution is -2.48. The Labute approximate surface area is 137 Å². The summed E-state index contributed by atoms with van der Waals surface area (Å²) in [5, 5.41) is 0. The van der Waals surface area contributed by atoms with Crippen molar-refractivity contribution >= 4 is 19.9 Å². The summed E-state index contributed by atoms with van der Waals surface area (Å²) >= 11 is 0. The van der Waals surface area contributed by atoms with Crippen LogP contribution >= 0.6 is 0 Å². The molecule has 0 saturated carbocycles. The van der Waals surface area contributed by atoms with Gasteiger partial charge in [0.1, 0.15) is 16.4 Å². The Balaban J connectivity index is 2.50. The van der Waals surface area contributed by atoms with Crippen molar-refractivity contribution in [3.05, 3.63) is 18.2 Å². The van der Waals surface area contributed by atoms with Gasteiger partial charge < -0.3 is 9.47 Å². The highest BCUT2D eigenvalue weighted by Gasteiger charge is 2.46. The van der Waals surface area contributed by atoms with E-state index < -0.39 is 25.4 Å². The number of methoxy groups -OCH3 is 2. The fourth-order valence-corrected chi connectivity index (χ4v) is 6.63. The maximum atomic E-state index is 13.0. The van der Waals surface area contributed by atoms with E-state index in [0.717, 1.165) is 4.31 Å². The van der Waals surface area contributed by atoms with Gasteiger partial charge in [-0.3, -0.25) is 0 Å².